The molecule has 0 spiro atoms. The van der Waals surface area contributed by atoms with Gasteiger partial charge in [0.2, 0.25) is 5.91 Å². The van der Waals surface area contributed by atoms with Crippen LogP contribution in [-0.4, -0.2) is 28.0 Å². The summed E-state index contributed by atoms with van der Waals surface area (Å²) in [6.07, 6.45) is 4.09. The van der Waals surface area contributed by atoms with Gasteiger partial charge in [0, 0.05) is 15.3 Å². The summed E-state index contributed by atoms with van der Waals surface area (Å²) in [5.74, 6) is -0.274. The second kappa shape index (κ2) is 10.5. The highest BCUT2D eigenvalue weighted by Crippen LogP contribution is 2.40. The van der Waals surface area contributed by atoms with Crippen LogP contribution >= 0.6 is 22.7 Å². The fraction of sp³-hybridized carbons (Fsp3) is 0.379. The van der Waals surface area contributed by atoms with E-state index in [4.69, 9.17) is 4.74 Å². The molecule has 1 atom stereocenters. The van der Waals surface area contributed by atoms with Gasteiger partial charge in [0.15, 0.2) is 0 Å². The van der Waals surface area contributed by atoms with Crippen LogP contribution in [0.1, 0.15) is 57.1 Å². The first-order valence-corrected chi connectivity index (χ1v) is 14.5. The number of nitrogens with zero attached hydrogens (tertiary/aromatic N) is 2. The molecular weight excluding hydrogens is 518 g/mol. The monoisotopic (exact) mass is 549 g/mol. The van der Waals surface area contributed by atoms with E-state index in [1.165, 1.54) is 39.1 Å². The van der Waals surface area contributed by atoms with Gasteiger partial charge in [0.1, 0.15) is 16.4 Å². The van der Waals surface area contributed by atoms with E-state index < -0.39 is 5.97 Å². The molecule has 1 aliphatic rings. The normalized spacial score (nSPS) is 14.9. The number of ether oxygens (including phenoxy) is 1. The summed E-state index contributed by atoms with van der Waals surface area (Å²) >= 11 is 2.92. The van der Waals surface area contributed by atoms with E-state index in [2.05, 4.69) is 43.2 Å². The molecule has 1 unspecified atom stereocenters. The first kappa shape index (κ1) is 26.3. The number of hydrogen-bond acceptors (Lipinski definition) is 7. The van der Waals surface area contributed by atoms with Crippen molar-refractivity contribution in [2.24, 2.45) is 5.92 Å². The van der Waals surface area contributed by atoms with E-state index >= 15 is 0 Å². The first-order valence-electron chi connectivity index (χ1n) is 12.9. The SMILES string of the molecule is CCOC(=O)c1c(NC(=O)Cn2cnc3sc(C)c(-c4ccc(C)c(C)c4)c3c2=O)sc2c1CCC(C)C2. The summed E-state index contributed by atoms with van der Waals surface area (Å²) in [6.45, 7) is 10.1. The smallest absolute Gasteiger partial charge is 0.341 e. The third-order valence-electron chi connectivity index (χ3n) is 7.21. The van der Waals surface area contributed by atoms with Crippen molar-refractivity contribution in [3.05, 3.63) is 66.9 Å². The number of carbonyl (C=O) groups is 2. The number of aryl methyl sites for hydroxylation is 3. The molecule has 0 radical (unpaired) electrons. The summed E-state index contributed by atoms with van der Waals surface area (Å²) < 4.78 is 6.65. The second-order valence-electron chi connectivity index (χ2n) is 10.0. The zero-order valence-electron chi connectivity index (χ0n) is 22.3. The van der Waals surface area contributed by atoms with Crippen molar-refractivity contribution in [2.45, 2.75) is 60.4 Å². The maximum absolute atomic E-state index is 13.6. The van der Waals surface area contributed by atoms with Crippen molar-refractivity contribution in [2.75, 3.05) is 11.9 Å². The van der Waals surface area contributed by atoms with Crippen molar-refractivity contribution >= 4 is 49.8 Å². The number of aromatic nitrogens is 2. The predicted octanol–water partition coefficient (Wildman–Crippen LogP) is 6.05. The summed E-state index contributed by atoms with van der Waals surface area (Å²) in [5, 5.41) is 3.93. The van der Waals surface area contributed by atoms with Gasteiger partial charge < -0.3 is 10.1 Å². The third kappa shape index (κ3) is 4.80. The molecule has 0 fully saturated rings. The van der Waals surface area contributed by atoms with E-state index in [1.54, 1.807) is 6.92 Å². The number of rotatable bonds is 6. The predicted molar refractivity (Wildman–Crippen MR) is 154 cm³/mol. The van der Waals surface area contributed by atoms with Crippen LogP contribution in [0.2, 0.25) is 0 Å². The molecule has 0 saturated carbocycles. The Morgan fingerprint density at radius 1 is 1.18 bits per heavy atom. The average Bonchev–Trinajstić information content (AvgIpc) is 3.39. The molecule has 0 saturated heterocycles. The third-order valence-corrected chi connectivity index (χ3v) is 9.39. The minimum absolute atomic E-state index is 0.204. The highest BCUT2D eigenvalue weighted by Gasteiger charge is 2.29. The van der Waals surface area contributed by atoms with Crippen molar-refractivity contribution in [3.63, 3.8) is 0 Å². The highest BCUT2D eigenvalue weighted by atomic mass is 32.1. The molecule has 3 aromatic heterocycles. The van der Waals surface area contributed by atoms with Gasteiger partial charge in [-0.3, -0.25) is 14.2 Å². The quantitative estimate of drug-likeness (QED) is 0.296. The van der Waals surface area contributed by atoms with Crippen molar-refractivity contribution in [1.82, 2.24) is 9.55 Å². The topological polar surface area (TPSA) is 90.3 Å². The first-order chi connectivity index (χ1) is 18.2. The van der Waals surface area contributed by atoms with Crippen LogP contribution in [0.15, 0.2) is 29.3 Å². The number of thiophene rings is 2. The van der Waals surface area contributed by atoms with Gasteiger partial charge in [-0.25, -0.2) is 9.78 Å². The van der Waals surface area contributed by atoms with Crippen molar-refractivity contribution < 1.29 is 14.3 Å². The van der Waals surface area contributed by atoms with Crippen molar-refractivity contribution in [3.8, 4) is 11.1 Å². The molecule has 1 aromatic carbocycles. The Kier molecular flexibility index (Phi) is 7.24. The minimum Gasteiger partial charge on any atom is -0.462 e. The second-order valence-corrected chi connectivity index (χ2v) is 12.3. The lowest BCUT2D eigenvalue weighted by molar-refractivity contribution is -0.116. The van der Waals surface area contributed by atoms with E-state index in [0.29, 0.717) is 26.7 Å². The Morgan fingerprint density at radius 2 is 1.97 bits per heavy atom. The number of anilines is 1. The van der Waals surface area contributed by atoms with Gasteiger partial charge in [0.25, 0.3) is 5.56 Å². The van der Waals surface area contributed by atoms with E-state index in [0.717, 1.165) is 51.3 Å². The largest absolute Gasteiger partial charge is 0.462 e. The lowest BCUT2D eigenvalue weighted by atomic mass is 9.88. The lowest BCUT2D eigenvalue weighted by Gasteiger charge is -2.18. The summed E-state index contributed by atoms with van der Waals surface area (Å²) in [7, 11) is 0. The molecule has 1 N–H and O–H groups in total. The van der Waals surface area contributed by atoms with Gasteiger partial charge in [-0.2, -0.15) is 0 Å². The number of benzene rings is 1. The Labute approximate surface area is 229 Å². The van der Waals surface area contributed by atoms with Crippen LogP contribution in [-0.2, 0) is 28.9 Å². The Balaban J connectivity index is 1.47. The van der Waals surface area contributed by atoms with Gasteiger partial charge in [-0.1, -0.05) is 25.1 Å². The van der Waals surface area contributed by atoms with Gasteiger partial charge in [0.05, 0.1) is 23.9 Å². The van der Waals surface area contributed by atoms with Crippen LogP contribution in [0.4, 0.5) is 5.00 Å². The summed E-state index contributed by atoms with van der Waals surface area (Å²) in [5.41, 5.74) is 5.35. The number of hydrogen-bond donors (Lipinski definition) is 1. The molecular formula is C29H31N3O4S2. The van der Waals surface area contributed by atoms with Crippen LogP contribution in [0.5, 0.6) is 0 Å². The Hall–Kier alpha value is -3.30. The van der Waals surface area contributed by atoms with Crippen LogP contribution in [0.25, 0.3) is 21.3 Å². The van der Waals surface area contributed by atoms with Gasteiger partial charge in [-0.05, 0) is 75.1 Å². The number of esters is 1. The summed E-state index contributed by atoms with van der Waals surface area (Å²) in [4.78, 5) is 46.9. The maximum Gasteiger partial charge on any atom is 0.341 e. The molecule has 198 valence electrons. The number of amides is 1. The molecule has 1 aliphatic carbocycles. The Bertz CT molecular complexity index is 1630. The molecule has 7 nitrogen and oxygen atoms in total. The number of nitrogens with one attached hydrogen (secondary N) is 1. The molecule has 0 aliphatic heterocycles. The van der Waals surface area contributed by atoms with E-state index in [9.17, 15) is 14.4 Å². The van der Waals surface area contributed by atoms with E-state index in [1.807, 2.05) is 13.0 Å². The van der Waals surface area contributed by atoms with Gasteiger partial charge >= 0.3 is 5.97 Å². The molecule has 1 amide bonds. The van der Waals surface area contributed by atoms with Gasteiger partial charge in [-0.15, -0.1) is 22.7 Å². The molecule has 38 heavy (non-hydrogen) atoms. The minimum atomic E-state index is -0.415. The molecule has 5 rings (SSSR count). The lowest BCUT2D eigenvalue weighted by Crippen LogP contribution is -2.28. The fourth-order valence-electron chi connectivity index (χ4n) is 5.07. The Morgan fingerprint density at radius 3 is 2.71 bits per heavy atom. The summed E-state index contributed by atoms with van der Waals surface area (Å²) in [6, 6.07) is 6.17. The molecule has 0 bridgehead atoms. The standard InChI is InChI=1S/C29H31N3O4S2/c1-6-36-29(35)24-20-10-7-15(2)11-21(20)38-27(24)31-22(33)13-32-14-30-26-25(28(32)34)23(18(5)37-26)19-9-8-16(3)17(4)12-19/h8-9,12,14-15H,6-7,10-11,13H2,1-5H3,(H,31,33). The fourth-order valence-corrected chi connectivity index (χ4v) is 7.49. The number of carbonyl (C=O) groups excluding carboxylic acids is 2. The van der Waals surface area contributed by atoms with Crippen molar-refractivity contribution in [1.29, 1.82) is 0 Å². The maximum atomic E-state index is 13.6. The van der Waals surface area contributed by atoms with Crippen LogP contribution < -0.4 is 10.9 Å². The zero-order valence-corrected chi connectivity index (χ0v) is 23.9. The molecule has 4 aromatic rings. The molecule has 9 heteroatoms. The highest BCUT2D eigenvalue weighted by molar-refractivity contribution is 7.19. The van der Waals surface area contributed by atoms with E-state index in [-0.39, 0.29) is 24.6 Å². The average molecular weight is 550 g/mol. The van der Waals surface area contributed by atoms with Crippen LogP contribution in [0, 0.1) is 26.7 Å². The van der Waals surface area contributed by atoms with Crippen LogP contribution in [0.3, 0.4) is 0 Å². The molecule has 3 heterocycles. The number of fused-ring (bicyclic) bond motifs is 2. The zero-order chi connectivity index (χ0) is 27.1.